The first kappa shape index (κ1) is 11.4. The van der Waals surface area contributed by atoms with Crippen LogP contribution in [-0.2, 0) is 6.42 Å². The molecule has 2 heterocycles. The molecule has 88 valence electrons. The Hall–Kier alpha value is -2.09. The van der Waals surface area contributed by atoms with Crippen LogP contribution in [0.25, 0.3) is 0 Å². The SMILES string of the molecule is CNc1ncc([N+](=O)[O-])c(Cc2nccs2)n1. The molecule has 0 fully saturated rings. The number of thiazole rings is 1. The van der Waals surface area contributed by atoms with Gasteiger partial charge in [-0.25, -0.2) is 15.0 Å². The van der Waals surface area contributed by atoms with Crippen molar-refractivity contribution < 1.29 is 4.92 Å². The van der Waals surface area contributed by atoms with Gasteiger partial charge in [0.1, 0.15) is 11.9 Å². The third kappa shape index (κ3) is 2.53. The third-order valence-electron chi connectivity index (χ3n) is 2.07. The first-order valence-corrected chi connectivity index (χ1v) is 5.65. The van der Waals surface area contributed by atoms with Gasteiger partial charge in [0.2, 0.25) is 5.95 Å². The van der Waals surface area contributed by atoms with E-state index in [1.807, 2.05) is 5.38 Å². The largest absolute Gasteiger partial charge is 0.357 e. The second-order valence-corrected chi connectivity index (χ2v) is 4.11. The molecule has 8 heteroatoms. The lowest BCUT2D eigenvalue weighted by Crippen LogP contribution is -2.04. The summed E-state index contributed by atoms with van der Waals surface area (Å²) in [5.41, 5.74) is 0.281. The van der Waals surface area contributed by atoms with Crippen LogP contribution in [-0.4, -0.2) is 26.9 Å². The maximum atomic E-state index is 10.8. The van der Waals surface area contributed by atoms with E-state index in [9.17, 15) is 10.1 Å². The molecule has 0 saturated heterocycles. The minimum atomic E-state index is -0.484. The second kappa shape index (κ2) is 4.83. The summed E-state index contributed by atoms with van der Waals surface area (Å²) < 4.78 is 0. The molecule has 17 heavy (non-hydrogen) atoms. The Morgan fingerprint density at radius 1 is 1.53 bits per heavy atom. The minimum Gasteiger partial charge on any atom is -0.357 e. The number of hydrogen-bond donors (Lipinski definition) is 1. The lowest BCUT2D eigenvalue weighted by atomic mass is 10.2. The van der Waals surface area contributed by atoms with Gasteiger partial charge in [0.05, 0.1) is 9.93 Å². The Labute approximate surface area is 101 Å². The van der Waals surface area contributed by atoms with Gasteiger partial charge in [0.25, 0.3) is 0 Å². The molecule has 0 bridgehead atoms. The van der Waals surface area contributed by atoms with E-state index in [4.69, 9.17) is 0 Å². The maximum Gasteiger partial charge on any atom is 0.309 e. The fourth-order valence-corrected chi connectivity index (χ4v) is 1.92. The summed E-state index contributed by atoms with van der Waals surface area (Å²) in [6.45, 7) is 0. The van der Waals surface area contributed by atoms with E-state index in [1.54, 1.807) is 13.2 Å². The fourth-order valence-electron chi connectivity index (χ4n) is 1.30. The van der Waals surface area contributed by atoms with Crippen molar-refractivity contribution in [1.29, 1.82) is 0 Å². The lowest BCUT2D eigenvalue weighted by Gasteiger charge is -2.02. The smallest absolute Gasteiger partial charge is 0.309 e. The topological polar surface area (TPSA) is 93.8 Å². The summed E-state index contributed by atoms with van der Waals surface area (Å²) in [6.07, 6.45) is 3.21. The van der Waals surface area contributed by atoms with Gasteiger partial charge in [-0.3, -0.25) is 10.1 Å². The first-order valence-electron chi connectivity index (χ1n) is 4.77. The van der Waals surface area contributed by atoms with Crippen LogP contribution >= 0.6 is 11.3 Å². The number of anilines is 1. The van der Waals surface area contributed by atoms with E-state index in [0.717, 1.165) is 5.01 Å². The highest BCUT2D eigenvalue weighted by molar-refractivity contribution is 7.09. The average molecular weight is 251 g/mol. The number of rotatable bonds is 4. The van der Waals surface area contributed by atoms with Gasteiger partial charge < -0.3 is 5.32 Å². The Bertz CT molecular complexity index is 528. The highest BCUT2D eigenvalue weighted by Crippen LogP contribution is 2.20. The van der Waals surface area contributed by atoms with Gasteiger partial charge in [-0.05, 0) is 0 Å². The van der Waals surface area contributed by atoms with Gasteiger partial charge in [-0.2, -0.15) is 0 Å². The van der Waals surface area contributed by atoms with Gasteiger partial charge in [-0.15, -0.1) is 11.3 Å². The van der Waals surface area contributed by atoms with Crippen molar-refractivity contribution in [3.05, 3.63) is 38.6 Å². The summed E-state index contributed by atoms with van der Waals surface area (Å²) in [5, 5.41) is 16.2. The molecule has 0 aliphatic rings. The average Bonchev–Trinajstić information content (AvgIpc) is 2.81. The molecule has 0 radical (unpaired) electrons. The van der Waals surface area contributed by atoms with Crippen molar-refractivity contribution in [3.63, 3.8) is 0 Å². The molecule has 0 aromatic carbocycles. The van der Waals surface area contributed by atoms with Crippen LogP contribution in [0, 0.1) is 10.1 Å². The molecule has 1 N–H and O–H groups in total. The fraction of sp³-hybridized carbons (Fsp3) is 0.222. The number of nitrogens with zero attached hydrogens (tertiary/aromatic N) is 4. The van der Waals surface area contributed by atoms with Crippen LogP contribution in [0.3, 0.4) is 0 Å². The molecular formula is C9H9N5O2S. The van der Waals surface area contributed by atoms with E-state index >= 15 is 0 Å². The Morgan fingerprint density at radius 2 is 2.35 bits per heavy atom. The molecule has 0 aliphatic carbocycles. The van der Waals surface area contributed by atoms with Crippen molar-refractivity contribution in [2.45, 2.75) is 6.42 Å². The molecule has 0 spiro atoms. The van der Waals surface area contributed by atoms with Crippen LogP contribution < -0.4 is 5.32 Å². The molecule has 0 atom stereocenters. The van der Waals surface area contributed by atoms with Crippen LogP contribution in [0.4, 0.5) is 11.6 Å². The summed E-state index contributed by atoms with van der Waals surface area (Å²) >= 11 is 1.44. The Morgan fingerprint density at radius 3 is 2.94 bits per heavy atom. The predicted molar refractivity (Wildman–Crippen MR) is 63.2 cm³/mol. The van der Waals surface area contributed by atoms with Crippen molar-refractivity contribution >= 4 is 23.0 Å². The van der Waals surface area contributed by atoms with Gasteiger partial charge in [-0.1, -0.05) is 0 Å². The molecule has 7 nitrogen and oxygen atoms in total. The van der Waals surface area contributed by atoms with E-state index < -0.39 is 4.92 Å². The van der Waals surface area contributed by atoms with Gasteiger partial charge in [0.15, 0.2) is 0 Å². The molecule has 0 unspecified atom stereocenters. The number of aromatic nitrogens is 3. The van der Waals surface area contributed by atoms with Crippen LogP contribution in [0.1, 0.15) is 10.7 Å². The number of hydrogen-bond acceptors (Lipinski definition) is 7. The number of nitro groups is 1. The zero-order valence-electron chi connectivity index (χ0n) is 8.95. The van der Waals surface area contributed by atoms with Gasteiger partial charge in [0, 0.05) is 25.0 Å². The van der Waals surface area contributed by atoms with E-state index in [1.165, 1.54) is 17.5 Å². The van der Waals surface area contributed by atoms with Crippen molar-refractivity contribution in [2.75, 3.05) is 12.4 Å². The first-order chi connectivity index (χ1) is 8.20. The van der Waals surface area contributed by atoms with Crippen molar-refractivity contribution in [3.8, 4) is 0 Å². The second-order valence-electron chi connectivity index (χ2n) is 3.14. The molecule has 2 aromatic heterocycles. The normalized spacial score (nSPS) is 10.2. The van der Waals surface area contributed by atoms with Crippen LogP contribution in [0.2, 0.25) is 0 Å². The zero-order chi connectivity index (χ0) is 12.3. The summed E-state index contributed by atoms with van der Waals surface area (Å²) in [7, 11) is 1.66. The molecule has 0 saturated carbocycles. The minimum absolute atomic E-state index is 0.0841. The number of nitrogens with one attached hydrogen (secondary N) is 1. The van der Waals surface area contributed by atoms with E-state index in [0.29, 0.717) is 18.1 Å². The van der Waals surface area contributed by atoms with E-state index in [-0.39, 0.29) is 5.69 Å². The standard InChI is InChI=1S/C9H9N5O2S/c1-10-9-12-5-7(14(15)16)6(13-9)4-8-11-2-3-17-8/h2-3,5H,4H2,1H3,(H,10,12,13). The zero-order valence-corrected chi connectivity index (χ0v) is 9.77. The molecular weight excluding hydrogens is 242 g/mol. The highest BCUT2D eigenvalue weighted by atomic mass is 32.1. The molecule has 2 rings (SSSR count). The summed E-state index contributed by atoms with van der Waals surface area (Å²) in [5.74, 6) is 0.363. The molecule has 2 aromatic rings. The molecule has 0 amide bonds. The predicted octanol–water partition coefficient (Wildman–Crippen LogP) is 1.47. The van der Waals surface area contributed by atoms with Crippen LogP contribution in [0.15, 0.2) is 17.8 Å². The van der Waals surface area contributed by atoms with Crippen molar-refractivity contribution in [1.82, 2.24) is 15.0 Å². The summed E-state index contributed by atoms with van der Waals surface area (Å²) in [6, 6.07) is 0. The monoisotopic (exact) mass is 251 g/mol. The lowest BCUT2D eigenvalue weighted by molar-refractivity contribution is -0.386. The van der Waals surface area contributed by atoms with E-state index in [2.05, 4.69) is 20.3 Å². The highest BCUT2D eigenvalue weighted by Gasteiger charge is 2.18. The Balaban J connectivity index is 2.38. The van der Waals surface area contributed by atoms with Gasteiger partial charge >= 0.3 is 5.69 Å². The maximum absolute atomic E-state index is 10.8. The third-order valence-corrected chi connectivity index (χ3v) is 2.85. The Kier molecular flexibility index (Phi) is 3.24. The quantitative estimate of drug-likeness (QED) is 0.653. The summed E-state index contributed by atoms with van der Waals surface area (Å²) in [4.78, 5) is 22.4. The van der Waals surface area contributed by atoms with Crippen LogP contribution in [0.5, 0.6) is 0 Å². The van der Waals surface area contributed by atoms with Crippen molar-refractivity contribution in [2.24, 2.45) is 0 Å². The molecule has 0 aliphatic heterocycles.